The lowest BCUT2D eigenvalue weighted by Gasteiger charge is -2.36. The molecular formula is C15H26N2O3. The van der Waals surface area contributed by atoms with Crippen LogP contribution in [0.15, 0.2) is 0 Å². The van der Waals surface area contributed by atoms with Crippen LogP contribution in [0.2, 0.25) is 0 Å². The maximum absolute atomic E-state index is 12.6. The summed E-state index contributed by atoms with van der Waals surface area (Å²) in [6.45, 7) is 4.25. The Balaban J connectivity index is 2.05. The first-order chi connectivity index (χ1) is 9.61. The molecule has 2 aliphatic heterocycles. The SMILES string of the molecule is CC(C(=O)N1CCCCC1)N1CCCCCC1C(=O)O. The number of carboxylic acid groups (broad SMARTS) is 1. The largest absolute Gasteiger partial charge is 0.480 e. The Kier molecular flexibility index (Phi) is 5.40. The Hall–Kier alpha value is -1.10. The van der Waals surface area contributed by atoms with E-state index in [0.29, 0.717) is 6.42 Å². The highest BCUT2D eigenvalue weighted by Gasteiger charge is 2.35. The molecule has 0 bridgehead atoms. The molecule has 20 heavy (non-hydrogen) atoms. The first kappa shape index (κ1) is 15.3. The van der Waals surface area contributed by atoms with Crippen molar-refractivity contribution in [3.8, 4) is 0 Å². The van der Waals surface area contributed by atoms with E-state index in [-0.39, 0.29) is 11.9 Å². The fourth-order valence-electron chi connectivity index (χ4n) is 3.38. The highest BCUT2D eigenvalue weighted by Crippen LogP contribution is 2.21. The zero-order valence-corrected chi connectivity index (χ0v) is 12.4. The summed E-state index contributed by atoms with van der Waals surface area (Å²) in [7, 11) is 0. The van der Waals surface area contributed by atoms with Gasteiger partial charge in [-0.15, -0.1) is 0 Å². The number of hydrogen-bond acceptors (Lipinski definition) is 3. The highest BCUT2D eigenvalue weighted by atomic mass is 16.4. The van der Waals surface area contributed by atoms with Crippen LogP contribution >= 0.6 is 0 Å². The van der Waals surface area contributed by atoms with Gasteiger partial charge in [-0.2, -0.15) is 0 Å². The van der Waals surface area contributed by atoms with Crippen LogP contribution in [0.5, 0.6) is 0 Å². The fraction of sp³-hybridized carbons (Fsp3) is 0.867. The molecule has 2 rings (SSSR count). The third-order valence-corrected chi connectivity index (χ3v) is 4.60. The second kappa shape index (κ2) is 7.07. The van der Waals surface area contributed by atoms with Crippen LogP contribution in [0.3, 0.4) is 0 Å². The maximum Gasteiger partial charge on any atom is 0.320 e. The number of nitrogens with zero attached hydrogens (tertiary/aromatic N) is 2. The second-order valence-corrected chi connectivity index (χ2v) is 6.00. The van der Waals surface area contributed by atoms with Gasteiger partial charge in [-0.25, -0.2) is 0 Å². The minimum Gasteiger partial charge on any atom is -0.480 e. The van der Waals surface area contributed by atoms with Gasteiger partial charge in [-0.1, -0.05) is 12.8 Å². The van der Waals surface area contributed by atoms with Gasteiger partial charge in [0.15, 0.2) is 0 Å². The molecule has 2 fully saturated rings. The Bertz CT molecular complexity index is 353. The maximum atomic E-state index is 12.6. The molecule has 2 atom stereocenters. The summed E-state index contributed by atoms with van der Waals surface area (Å²) in [5.74, 6) is -0.678. The predicted molar refractivity (Wildman–Crippen MR) is 76.5 cm³/mol. The summed E-state index contributed by atoms with van der Waals surface area (Å²) in [5, 5.41) is 9.41. The van der Waals surface area contributed by atoms with Gasteiger partial charge < -0.3 is 10.0 Å². The summed E-state index contributed by atoms with van der Waals surface area (Å²) >= 11 is 0. The first-order valence-corrected chi connectivity index (χ1v) is 7.88. The predicted octanol–water partition coefficient (Wildman–Crippen LogP) is 1.72. The zero-order chi connectivity index (χ0) is 14.5. The summed E-state index contributed by atoms with van der Waals surface area (Å²) in [6, 6.07) is -0.812. The van der Waals surface area contributed by atoms with E-state index >= 15 is 0 Å². The second-order valence-electron chi connectivity index (χ2n) is 6.00. The number of hydrogen-bond donors (Lipinski definition) is 1. The Morgan fingerprint density at radius 1 is 1.00 bits per heavy atom. The van der Waals surface area contributed by atoms with Gasteiger partial charge in [0.2, 0.25) is 5.91 Å². The smallest absolute Gasteiger partial charge is 0.320 e. The molecule has 0 saturated carbocycles. The van der Waals surface area contributed by atoms with Crippen molar-refractivity contribution in [2.75, 3.05) is 19.6 Å². The molecule has 1 amide bonds. The topological polar surface area (TPSA) is 60.9 Å². The van der Waals surface area contributed by atoms with Crippen molar-refractivity contribution < 1.29 is 14.7 Å². The van der Waals surface area contributed by atoms with Crippen LogP contribution in [0.1, 0.15) is 51.9 Å². The Morgan fingerprint density at radius 3 is 2.25 bits per heavy atom. The van der Waals surface area contributed by atoms with Crippen molar-refractivity contribution in [1.82, 2.24) is 9.80 Å². The number of carboxylic acids is 1. The van der Waals surface area contributed by atoms with Crippen molar-refractivity contribution in [3.63, 3.8) is 0 Å². The Labute approximate surface area is 120 Å². The number of aliphatic carboxylic acids is 1. The van der Waals surface area contributed by atoms with E-state index in [9.17, 15) is 14.7 Å². The quantitative estimate of drug-likeness (QED) is 0.856. The minimum absolute atomic E-state index is 0.109. The molecule has 2 unspecified atom stereocenters. The van der Waals surface area contributed by atoms with Crippen molar-refractivity contribution >= 4 is 11.9 Å². The van der Waals surface area contributed by atoms with Crippen LogP contribution in [0.25, 0.3) is 0 Å². The summed E-state index contributed by atoms with van der Waals surface area (Å²) in [4.78, 5) is 27.8. The van der Waals surface area contributed by atoms with E-state index in [1.807, 2.05) is 16.7 Å². The van der Waals surface area contributed by atoms with Gasteiger partial charge in [0, 0.05) is 13.1 Å². The molecular weight excluding hydrogens is 256 g/mol. The molecule has 2 aliphatic rings. The van der Waals surface area contributed by atoms with Crippen LogP contribution < -0.4 is 0 Å². The van der Waals surface area contributed by atoms with Gasteiger partial charge in [0.1, 0.15) is 6.04 Å². The monoisotopic (exact) mass is 282 g/mol. The summed E-state index contributed by atoms with van der Waals surface area (Å²) in [6.07, 6.45) is 6.98. The van der Waals surface area contributed by atoms with Gasteiger partial charge in [0.25, 0.3) is 0 Å². The van der Waals surface area contributed by atoms with Crippen molar-refractivity contribution in [3.05, 3.63) is 0 Å². The van der Waals surface area contributed by atoms with Crippen LogP contribution in [0, 0.1) is 0 Å². The van der Waals surface area contributed by atoms with Gasteiger partial charge >= 0.3 is 5.97 Å². The van der Waals surface area contributed by atoms with E-state index in [2.05, 4.69) is 0 Å². The first-order valence-electron chi connectivity index (χ1n) is 7.88. The molecule has 0 aromatic rings. The van der Waals surface area contributed by atoms with Gasteiger partial charge in [0.05, 0.1) is 6.04 Å². The average molecular weight is 282 g/mol. The number of carbonyl (C=O) groups excluding carboxylic acids is 1. The molecule has 2 saturated heterocycles. The zero-order valence-electron chi connectivity index (χ0n) is 12.4. The molecule has 2 heterocycles. The van der Waals surface area contributed by atoms with E-state index in [0.717, 1.165) is 51.7 Å². The third-order valence-electron chi connectivity index (χ3n) is 4.60. The van der Waals surface area contributed by atoms with Crippen molar-refractivity contribution in [2.45, 2.75) is 64.0 Å². The van der Waals surface area contributed by atoms with E-state index in [1.54, 1.807) is 0 Å². The number of carbonyl (C=O) groups is 2. The van der Waals surface area contributed by atoms with Crippen LogP contribution in [0.4, 0.5) is 0 Å². The minimum atomic E-state index is -0.787. The standard InChI is InChI=1S/C15H26N2O3/c1-12(14(18)16-9-5-3-6-10-16)17-11-7-2-4-8-13(17)15(19)20/h12-13H,2-11H2,1H3,(H,19,20). The van der Waals surface area contributed by atoms with Gasteiger partial charge in [-0.3, -0.25) is 14.5 Å². The van der Waals surface area contributed by atoms with Crippen molar-refractivity contribution in [2.24, 2.45) is 0 Å². The fourth-order valence-corrected chi connectivity index (χ4v) is 3.38. The van der Waals surface area contributed by atoms with E-state index in [1.165, 1.54) is 6.42 Å². The molecule has 0 spiro atoms. The van der Waals surface area contributed by atoms with Crippen LogP contribution in [-0.2, 0) is 9.59 Å². The van der Waals surface area contributed by atoms with E-state index in [4.69, 9.17) is 0 Å². The highest BCUT2D eigenvalue weighted by molar-refractivity contribution is 5.83. The summed E-state index contributed by atoms with van der Waals surface area (Å²) < 4.78 is 0. The molecule has 5 heteroatoms. The lowest BCUT2D eigenvalue weighted by Crippen LogP contribution is -2.53. The normalized spacial score (nSPS) is 26.9. The molecule has 1 N–H and O–H groups in total. The number of piperidine rings is 1. The molecule has 114 valence electrons. The van der Waals surface area contributed by atoms with Crippen molar-refractivity contribution in [1.29, 1.82) is 0 Å². The number of likely N-dealkylation sites (tertiary alicyclic amines) is 2. The van der Waals surface area contributed by atoms with Crippen LogP contribution in [-0.4, -0.2) is 58.5 Å². The molecule has 0 aliphatic carbocycles. The lowest BCUT2D eigenvalue weighted by atomic mass is 10.1. The third kappa shape index (κ3) is 3.51. The van der Waals surface area contributed by atoms with E-state index < -0.39 is 12.0 Å². The number of rotatable bonds is 3. The summed E-state index contributed by atoms with van der Waals surface area (Å²) in [5.41, 5.74) is 0. The van der Waals surface area contributed by atoms with Gasteiger partial charge in [-0.05, 0) is 45.6 Å². The molecule has 0 aromatic carbocycles. The number of amides is 1. The molecule has 0 radical (unpaired) electrons. The Morgan fingerprint density at radius 2 is 1.60 bits per heavy atom. The lowest BCUT2D eigenvalue weighted by molar-refractivity contribution is -0.147. The molecule has 0 aromatic heterocycles. The molecule has 5 nitrogen and oxygen atoms in total. The average Bonchev–Trinajstić information content (AvgIpc) is 2.72.